The Labute approximate surface area is 194 Å². The molecule has 0 amide bonds. The molecule has 4 aromatic rings. The molecule has 0 radical (unpaired) electrons. The number of halogens is 1. The summed E-state index contributed by atoms with van der Waals surface area (Å²) in [6.07, 6.45) is 1.61. The number of fused-ring (bicyclic) bond motifs is 1. The highest BCUT2D eigenvalue weighted by Crippen LogP contribution is 2.43. The zero-order valence-electron chi connectivity index (χ0n) is 17.8. The Balaban J connectivity index is 1.70. The van der Waals surface area contributed by atoms with Crippen molar-refractivity contribution >= 4 is 45.4 Å². The van der Waals surface area contributed by atoms with Gasteiger partial charge in [-0.05, 0) is 59.8 Å². The number of furan rings is 1. The molecule has 2 aromatic heterocycles. The van der Waals surface area contributed by atoms with Gasteiger partial charge >= 0.3 is 5.69 Å². The van der Waals surface area contributed by atoms with Gasteiger partial charge in [-0.25, -0.2) is 4.63 Å². The van der Waals surface area contributed by atoms with E-state index in [2.05, 4.69) is 15.2 Å². The van der Waals surface area contributed by atoms with Crippen molar-refractivity contribution in [1.82, 2.24) is 15.2 Å². The van der Waals surface area contributed by atoms with Crippen molar-refractivity contribution in [2.45, 2.75) is 6.54 Å². The number of piperazine rings is 1. The number of nitro benzene ring substituents is 1. The number of hydrogen-bond acceptors (Lipinski definition) is 9. The third kappa shape index (κ3) is 4.10. The maximum absolute atomic E-state index is 12.1. The molecule has 1 aliphatic rings. The zero-order valence-corrected chi connectivity index (χ0v) is 18.6. The molecule has 1 aliphatic heterocycles. The van der Waals surface area contributed by atoms with Gasteiger partial charge in [0.25, 0.3) is 0 Å². The largest absolute Gasteiger partial charge is 0.467 e. The number of nitrogens with zero attached hydrogens (tertiary/aromatic N) is 6. The highest BCUT2D eigenvalue weighted by Gasteiger charge is 2.32. The van der Waals surface area contributed by atoms with E-state index in [9.17, 15) is 10.1 Å². The van der Waals surface area contributed by atoms with Crippen LogP contribution in [0.5, 0.6) is 0 Å². The Morgan fingerprint density at radius 2 is 1.85 bits per heavy atom. The number of hydrogen-bond donors (Lipinski definition) is 0. The lowest BCUT2D eigenvalue weighted by molar-refractivity contribution is -0.382. The Morgan fingerprint density at radius 3 is 2.52 bits per heavy atom. The average Bonchev–Trinajstić information content (AvgIpc) is 3.50. The van der Waals surface area contributed by atoms with Gasteiger partial charge in [-0.15, -0.1) is 0 Å². The molecule has 170 valence electrons. The van der Waals surface area contributed by atoms with Crippen LogP contribution < -0.4 is 9.80 Å². The van der Waals surface area contributed by atoms with Crippen LogP contribution in [-0.2, 0) is 6.54 Å². The van der Waals surface area contributed by atoms with E-state index in [1.54, 1.807) is 24.5 Å². The Bertz CT molecular complexity index is 1270. The van der Waals surface area contributed by atoms with E-state index in [4.69, 9.17) is 20.6 Å². The van der Waals surface area contributed by atoms with Crippen LogP contribution in [0.3, 0.4) is 0 Å². The number of likely N-dealkylation sites (N-methyl/N-ethyl adjacent to an activating group) is 1. The molecule has 3 heterocycles. The van der Waals surface area contributed by atoms with Gasteiger partial charge in [0.1, 0.15) is 11.4 Å². The van der Waals surface area contributed by atoms with Crippen molar-refractivity contribution in [3.8, 4) is 0 Å². The highest BCUT2D eigenvalue weighted by atomic mass is 35.5. The van der Waals surface area contributed by atoms with Crippen LogP contribution in [-0.4, -0.2) is 53.4 Å². The zero-order chi connectivity index (χ0) is 22.9. The van der Waals surface area contributed by atoms with Gasteiger partial charge in [0.2, 0.25) is 5.52 Å². The maximum Gasteiger partial charge on any atom is 0.323 e. The van der Waals surface area contributed by atoms with Crippen molar-refractivity contribution < 1.29 is 14.0 Å². The second-order valence-corrected chi connectivity index (χ2v) is 8.35. The quantitative estimate of drug-likeness (QED) is 0.299. The van der Waals surface area contributed by atoms with E-state index in [-0.39, 0.29) is 11.2 Å². The molecule has 1 fully saturated rings. The third-order valence-electron chi connectivity index (χ3n) is 5.82. The van der Waals surface area contributed by atoms with Crippen molar-refractivity contribution in [3.63, 3.8) is 0 Å². The number of anilines is 3. The van der Waals surface area contributed by atoms with Crippen LogP contribution in [0, 0.1) is 10.1 Å². The highest BCUT2D eigenvalue weighted by molar-refractivity contribution is 6.30. The van der Waals surface area contributed by atoms with Crippen molar-refractivity contribution in [3.05, 3.63) is 69.6 Å². The minimum atomic E-state index is -0.414. The van der Waals surface area contributed by atoms with Gasteiger partial charge in [0.05, 0.1) is 23.4 Å². The molecule has 11 heteroatoms. The summed E-state index contributed by atoms with van der Waals surface area (Å²) in [5.74, 6) is 0.717. The molecule has 0 bridgehead atoms. The Morgan fingerprint density at radius 1 is 1.12 bits per heavy atom. The van der Waals surface area contributed by atoms with Crippen molar-refractivity contribution in [2.24, 2.45) is 0 Å². The summed E-state index contributed by atoms with van der Waals surface area (Å²) in [5, 5.41) is 20.7. The van der Waals surface area contributed by atoms with Gasteiger partial charge in [0, 0.05) is 36.9 Å². The van der Waals surface area contributed by atoms with E-state index in [1.165, 1.54) is 0 Å². The maximum atomic E-state index is 12.1. The minimum Gasteiger partial charge on any atom is -0.467 e. The van der Waals surface area contributed by atoms with Crippen molar-refractivity contribution in [1.29, 1.82) is 0 Å². The molecule has 0 spiro atoms. The van der Waals surface area contributed by atoms with Crippen LogP contribution in [0.1, 0.15) is 5.76 Å². The third-order valence-corrected chi connectivity index (χ3v) is 6.07. The normalized spacial score (nSPS) is 14.7. The second kappa shape index (κ2) is 8.72. The van der Waals surface area contributed by atoms with Gasteiger partial charge in [-0.1, -0.05) is 11.6 Å². The number of benzene rings is 2. The number of rotatable bonds is 6. The summed E-state index contributed by atoms with van der Waals surface area (Å²) in [5.41, 5.74) is 2.26. The lowest BCUT2D eigenvalue weighted by Crippen LogP contribution is -2.44. The Hall–Kier alpha value is -3.63. The summed E-state index contributed by atoms with van der Waals surface area (Å²) >= 11 is 6.12. The molecule has 0 unspecified atom stereocenters. The first-order valence-corrected chi connectivity index (χ1v) is 10.8. The van der Waals surface area contributed by atoms with E-state index >= 15 is 0 Å². The first-order valence-electron chi connectivity index (χ1n) is 10.4. The number of aromatic nitrogens is 2. The predicted molar refractivity (Wildman–Crippen MR) is 124 cm³/mol. The van der Waals surface area contributed by atoms with Crippen LogP contribution in [0.15, 0.2) is 57.8 Å². The molecule has 0 aliphatic carbocycles. The molecule has 2 aromatic carbocycles. The van der Waals surface area contributed by atoms with Gasteiger partial charge in [-0.2, -0.15) is 0 Å². The van der Waals surface area contributed by atoms with E-state index < -0.39 is 4.92 Å². The van der Waals surface area contributed by atoms with Crippen LogP contribution in [0.25, 0.3) is 11.0 Å². The second-order valence-electron chi connectivity index (χ2n) is 7.91. The molecule has 10 nitrogen and oxygen atoms in total. The topological polar surface area (TPSA) is 105 Å². The van der Waals surface area contributed by atoms with Gasteiger partial charge in [-0.3, -0.25) is 10.1 Å². The van der Waals surface area contributed by atoms with Crippen LogP contribution >= 0.6 is 11.6 Å². The molecule has 1 saturated heterocycles. The van der Waals surface area contributed by atoms with Gasteiger partial charge < -0.3 is 19.1 Å². The van der Waals surface area contributed by atoms with E-state index in [0.29, 0.717) is 47.3 Å². The first-order chi connectivity index (χ1) is 16.0. The molecule has 5 rings (SSSR count). The predicted octanol–water partition coefficient (Wildman–Crippen LogP) is 4.47. The lowest BCUT2D eigenvalue weighted by Gasteiger charge is -2.34. The molecular weight excluding hydrogens is 448 g/mol. The van der Waals surface area contributed by atoms with Crippen LogP contribution in [0.4, 0.5) is 22.7 Å². The monoisotopic (exact) mass is 468 g/mol. The fraction of sp³-hybridized carbons (Fsp3) is 0.273. The fourth-order valence-corrected chi connectivity index (χ4v) is 4.19. The average molecular weight is 469 g/mol. The summed E-state index contributed by atoms with van der Waals surface area (Å²) in [4.78, 5) is 17.9. The first kappa shape index (κ1) is 21.2. The fourth-order valence-electron chi connectivity index (χ4n) is 4.07. The summed E-state index contributed by atoms with van der Waals surface area (Å²) in [7, 11) is 2.04. The SMILES string of the molecule is CN1CCN(c2cc(N(Cc3ccco3)c3ccc(Cl)cc3)c3nonc3c2[N+](=O)[O-])CC1. The van der Waals surface area contributed by atoms with Gasteiger partial charge in [0.15, 0.2) is 5.52 Å². The smallest absolute Gasteiger partial charge is 0.323 e. The molecule has 0 atom stereocenters. The van der Waals surface area contributed by atoms with E-state index in [1.807, 2.05) is 41.1 Å². The molecule has 33 heavy (non-hydrogen) atoms. The number of nitro groups is 1. The lowest BCUT2D eigenvalue weighted by atomic mass is 10.1. The standard InChI is InChI=1S/C22H21ClN6O4/c1-26-8-10-27(11-9-26)19-13-18(20-21(25-33-24-20)22(19)29(30)31)28(14-17-3-2-12-32-17)16-6-4-15(23)5-7-16/h2-7,12-13H,8-11,14H2,1H3. The Kier molecular flexibility index (Phi) is 5.61. The summed E-state index contributed by atoms with van der Waals surface area (Å²) in [6, 6.07) is 12.8. The minimum absolute atomic E-state index is 0.103. The molecule has 0 N–H and O–H groups in total. The molecular formula is C22H21ClN6O4. The van der Waals surface area contributed by atoms with Crippen molar-refractivity contribution in [2.75, 3.05) is 43.0 Å². The molecule has 0 saturated carbocycles. The van der Waals surface area contributed by atoms with E-state index in [0.717, 1.165) is 18.8 Å². The van der Waals surface area contributed by atoms with Crippen LogP contribution in [0.2, 0.25) is 5.02 Å². The summed E-state index contributed by atoms with van der Waals surface area (Å²) in [6.45, 7) is 3.29. The summed E-state index contributed by atoms with van der Waals surface area (Å²) < 4.78 is 10.6.